The Hall–Kier alpha value is -2.90. The summed E-state index contributed by atoms with van der Waals surface area (Å²) in [6.07, 6.45) is 0. The molecule has 4 aromatic rings. The molecule has 0 bridgehead atoms. The molecule has 0 aliphatic carbocycles. The first-order chi connectivity index (χ1) is 14.7. The van der Waals surface area contributed by atoms with E-state index >= 15 is 0 Å². The van der Waals surface area contributed by atoms with E-state index in [0.717, 1.165) is 22.2 Å². The van der Waals surface area contributed by atoms with E-state index in [1.54, 1.807) is 24.3 Å². The van der Waals surface area contributed by atoms with Crippen LogP contribution in [-0.4, -0.2) is 5.11 Å². The van der Waals surface area contributed by atoms with Gasteiger partial charge in [0, 0.05) is 16.4 Å². The number of phenolic OH excluding ortho intramolecular Hbond substituents is 1. The second-order valence-corrected chi connectivity index (χ2v) is 9.83. The van der Waals surface area contributed by atoms with Crippen molar-refractivity contribution in [3.63, 3.8) is 0 Å². The van der Waals surface area contributed by atoms with Crippen molar-refractivity contribution in [3.8, 4) is 33.8 Å². The summed E-state index contributed by atoms with van der Waals surface area (Å²) in [6, 6.07) is 30.0. The van der Waals surface area contributed by atoms with Crippen LogP contribution in [0.2, 0.25) is 0 Å². The molecule has 0 fully saturated rings. The predicted molar refractivity (Wildman–Crippen MR) is 122 cm³/mol. The van der Waals surface area contributed by atoms with Crippen molar-refractivity contribution in [2.45, 2.75) is 0 Å². The summed E-state index contributed by atoms with van der Waals surface area (Å²) in [5.41, 5.74) is 3.36. The Kier molecular flexibility index (Phi) is 5.14. The smallest absolute Gasteiger partial charge is 0.271 e. The minimum atomic E-state index is -2.66. The van der Waals surface area contributed by atoms with Crippen LogP contribution >= 0.6 is 16.4 Å². The van der Waals surface area contributed by atoms with Gasteiger partial charge >= 0.3 is 0 Å². The zero-order chi connectivity index (χ0) is 20.5. The van der Waals surface area contributed by atoms with Gasteiger partial charge in [-0.2, -0.15) is 0 Å². The molecule has 4 aromatic carbocycles. The van der Waals surface area contributed by atoms with E-state index in [1.165, 1.54) is 0 Å². The molecule has 0 radical (unpaired) electrons. The van der Waals surface area contributed by atoms with Crippen molar-refractivity contribution >= 4 is 27.0 Å². The summed E-state index contributed by atoms with van der Waals surface area (Å²) >= 11 is 0. The Morgan fingerprint density at radius 1 is 0.700 bits per heavy atom. The van der Waals surface area contributed by atoms with Gasteiger partial charge in [-0.25, -0.2) is 0 Å². The molecule has 148 valence electrons. The summed E-state index contributed by atoms with van der Waals surface area (Å²) in [5.74, 6) is 0.866. The first-order valence-corrected chi connectivity index (χ1v) is 12.0. The molecule has 0 spiro atoms. The third-order valence-corrected chi connectivity index (χ3v) is 8.31. The van der Waals surface area contributed by atoms with Crippen molar-refractivity contribution < 1.29 is 18.5 Å². The van der Waals surface area contributed by atoms with Crippen molar-refractivity contribution in [3.05, 3.63) is 97.1 Å². The van der Waals surface area contributed by atoms with Gasteiger partial charge < -0.3 is 9.63 Å². The first kappa shape index (κ1) is 19.1. The van der Waals surface area contributed by atoms with Crippen LogP contribution in [-0.2, 0) is 8.88 Å². The first-order valence-electron chi connectivity index (χ1n) is 9.48. The van der Waals surface area contributed by atoms with E-state index in [9.17, 15) is 9.67 Å². The summed E-state index contributed by atoms with van der Waals surface area (Å²) in [4.78, 5) is 0. The second kappa shape index (κ2) is 8.08. The molecule has 30 heavy (non-hydrogen) atoms. The maximum absolute atomic E-state index is 13.4. The number of para-hydroxylation sites is 2. The summed E-state index contributed by atoms with van der Waals surface area (Å²) in [6.45, 7) is 0. The molecule has 2 atom stereocenters. The highest BCUT2D eigenvalue weighted by Gasteiger charge is 2.30. The molecular formula is C24H18O4P2. The number of rotatable bonds is 4. The van der Waals surface area contributed by atoms with Crippen molar-refractivity contribution in [2.75, 3.05) is 0 Å². The van der Waals surface area contributed by atoms with Gasteiger partial charge in [-0.1, -0.05) is 72.8 Å². The monoisotopic (exact) mass is 432 g/mol. The number of hydrogen-bond acceptors (Lipinski definition) is 4. The fourth-order valence-electron chi connectivity index (χ4n) is 3.56. The maximum Gasteiger partial charge on any atom is 0.271 e. The molecule has 1 heterocycles. The topological polar surface area (TPSA) is 55.8 Å². The minimum Gasteiger partial charge on any atom is -0.507 e. The SMILES string of the molecule is O=[PH](OP1Oc2ccccc2-c2ccccc21)c1ccccc1-c1ccccc1O. The van der Waals surface area contributed by atoms with Gasteiger partial charge in [0.15, 0.2) is 0 Å². The van der Waals surface area contributed by atoms with Gasteiger partial charge in [0.05, 0.1) is 5.30 Å². The third kappa shape index (κ3) is 3.44. The lowest BCUT2D eigenvalue weighted by atomic mass is 10.0. The Balaban J connectivity index is 1.51. The third-order valence-electron chi connectivity index (χ3n) is 4.97. The average molecular weight is 432 g/mol. The average Bonchev–Trinajstić information content (AvgIpc) is 2.79. The summed E-state index contributed by atoms with van der Waals surface area (Å²) < 4.78 is 25.6. The van der Waals surface area contributed by atoms with E-state index in [0.29, 0.717) is 16.4 Å². The Morgan fingerprint density at radius 2 is 1.30 bits per heavy atom. The molecule has 0 aromatic heterocycles. The standard InChI is InChI=1S/C24H18O4P2/c25-21-13-5-1-9-17(21)19-11-3-7-15-23(19)29(26)28-30-24-16-8-4-12-20(24)18-10-2-6-14-22(18)27-30/h1-16,25,29H. The Bertz CT molecular complexity index is 1260. The molecule has 0 amide bonds. The van der Waals surface area contributed by atoms with E-state index in [4.69, 9.17) is 8.83 Å². The number of phenols is 1. The minimum absolute atomic E-state index is 0.138. The summed E-state index contributed by atoms with van der Waals surface area (Å²) in [5, 5.41) is 11.7. The van der Waals surface area contributed by atoms with Gasteiger partial charge in [-0.15, -0.1) is 0 Å². The highest BCUT2D eigenvalue weighted by atomic mass is 31.2. The molecule has 1 aliphatic rings. The molecule has 6 heteroatoms. The van der Waals surface area contributed by atoms with Crippen LogP contribution in [0.4, 0.5) is 0 Å². The highest BCUT2D eigenvalue weighted by molar-refractivity contribution is 7.66. The van der Waals surface area contributed by atoms with Crippen molar-refractivity contribution in [2.24, 2.45) is 0 Å². The fourth-order valence-corrected chi connectivity index (χ4v) is 6.80. The number of hydrogen-bond donors (Lipinski definition) is 1. The van der Waals surface area contributed by atoms with Gasteiger partial charge in [0.2, 0.25) is 8.03 Å². The predicted octanol–water partition coefficient (Wildman–Crippen LogP) is 5.87. The van der Waals surface area contributed by atoms with E-state index in [2.05, 4.69) is 0 Å². The maximum atomic E-state index is 13.4. The lowest BCUT2D eigenvalue weighted by Crippen LogP contribution is -2.15. The van der Waals surface area contributed by atoms with Crippen LogP contribution in [0.25, 0.3) is 22.3 Å². The molecule has 0 saturated carbocycles. The lowest BCUT2D eigenvalue weighted by molar-refractivity contribution is 0.477. The van der Waals surface area contributed by atoms with E-state index in [-0.39, 0.29) is 5.75 Å². The van der Waals surface area contributed by atoms with Crippen LogP contribution in [0, 0.1) is 0 Å². The fraction of sp³-hybridized carbons (Fsp3) is 0. The lowest BCUT2D eigenvalue weighted by Gasteiger charge is -2.27. The zero-order valence-corrected chi connectivity index (χ0v) is 17.8. The van der Waals surface area contributed by atoms with Crippen LogP contribution < -0.4 is 15.1 Å². The number of benzene rings is 4. The van der Waals surface area contributed by atoms with Crippen LogP contribution in [0.1, 0.15) is 0 Å². The normalized spacial score (nSPS) is 15.5. The summed E-state index contributed by atoms with van der Waals surface area (Å²) in [7, 11) is -4.22. The van der Waals surface area contributed by atoms with E-state index in [1.807, 2.05) is 72.8 Å². The largest absolute Gasteiger partial charge is 0.507 e. The molecular weight excluding hydrogens is 414 g/mol. The molecule has 0 saturated heterocycles. The second-order valence-electron chi connectivity index (χ2n) is 6.80. The number of fused-ring (bicyclic) bond motifs is 3. The van der Waals surface area contributed by atoms with Gasteiger partial charge in [0.25, 0.3) is 8.38 Å². The highest BCUT2D eigenvalue weighted by Crippen LogP contribution is 2.54. The van der Waals surface area contributed by atoms with E-state index < -0.39 is 16.4 Å². The number of aromatic hydroxyl groups is 1. The van der Waals surface area contributed by atoms with Gasteiger partial charge in [-0.05, 0) is 35.4 Å². The van der Waals surface area contributed by atoms with Crippen molar-refractivity contribution in [1.29, 1.82) is 0 Å². The van der Waals surface area contributed by atoms with Gasteiger partial charge in [-0.3, -0.25) is 8.88 Å². The van der Waals surface area contributed by atoms with Gasteiger partial charge in [0.1, 0.15) is 11.5 Å². The van der Waals surface area contributed by atoms with Crippen molar-refractivity contribution in [1.82, 2.24) is 0 Å². The molecule has 1 aliphatic heterocycles. The van der Waals surface area contributed by atoms with Crippen LogP contribution in [0.5, 0.6) is 11.5 Å². The quantitative estimate of drug-likeness (QED) is 0.410. The molecule has 4 nitrogen and oxygen atoms in total. The van der Waals surface area contributed by atoms with Crippen LogP contribution in [0.15, 0.2) is 97.1 Å². The zero-order valence-electron chi connectivity index (χ0n) is 15.9. The Labute approximate surface area is 176 Å². The Morgan fingerprint density at radius 3 is 2.10 bits per heavy atom. The molecule has 1 N–H and O–H groups in total. The molecule has 2 unspecified atom stereocenters. The molecule has 5 rings (SSSR count). The van der Waals surface area contributed by atoms with Crippen LogP contribution in [0.3, 0.4) is 0 Å².